The summed E-state index contributed by atoms with van der Waals surface area (Å²) < 4.78 is 27.4. The maximum atomic E-state index is 11.9. The second kappa shape index (κ2) is 10.1. The molecule has 0 fully saturated rings. The summed E-state index contributed by atoms with van der Waals surface area (Å²) in [6, 6.07) is 17.3. The molecule has 7 N–H and O–H groups in total. The van der Waals surface area contributed by atoms with E-state index in [1.165, 1.54) is 0 Å². The van der Waals surface area contributed by atoms with Gasteiger partial charge in [-0.15, -0.1) is 0 Å². The molecule has 0 aliphatic heterocycles. The zero-order chi connectivity index (χ0) is 19.9. The highest BCUT2D eigenvalue weighted by molar-refractivity contribution is 7.79. The molecule has 0 saturated carbocycles. The maximum Gasteiger partial charge on any atom is 0.158 e. The molecule has 2 rings (SSSR count). The van der Waals surface area contributed by atoms with Crippen LogP contribution in [0, 0.1) is 0 Å². The summed E-state index contributed by atoms with van der Waals surface area (Å²) >= 11 is -2.03. The zero-order valence-corrected chi connectivity index (χ0v) is 16.4. The van der Waals surface area contributed by atoms with Crippen molar-refractivity contribution < 1.29 is 13.5 Å². The highest BCUT2D eigenvalue weighted by Crippen LogP contribution is 2.30. The molecule has 2 aromatic carbocycles. The third-order valence-corrected chi connectivity index (χ3v) is 5.67. The van der Waals surface area contributed by atoms with E-state index in [4.69, 9.17) is 21.9 Å². The van der Waals surface area contributed by atoms with E-state index in [-0.39, 0.29) is 6.61 Å². The summed E-state index contributed by atoms with van der Waals surface area (Å²) in [6.45, 7) is 2.86. The highest BCUT2D eigenvalue weighted by atomic mass is 32.2. The summed E-state index contributed by atoms with van der Waals surface area (Å²) in [5.41, 5.74) is 19.9. The molecule has 0 heterocycles. The molecular formula is C20H29N3O3S. The van der Waals surface area contributed by atoms with Crippen LogP contribution in [0.2, 0.25) is 0 Å². The third kappa shape index (κ3) is 6.21. The number of benzene rings is 2. The largest absolute Gasteiger partial charge is 0.375 e. The standard InChI is InChI=1S/C20H29N3O3S/c1-20(14-21,17-9-5-8-16(10-17)19(22)23)11-18(27(24)25)13-26-12-15-6-3-2-4-7-15/h2-10,18-19H,11-14,21-23H2,1H3,(H,24,25). The molecule has 7 heteroatoms. The average molecular weight is 392 g/mol. The Kier molecular flexibility index (Phi) is 8.09. The lowest BCUT2D eigenvalue weighted by molar-refractivity contribution is 0.114. The highest BCUT2D eigenvalue weighted by Gasteiger charge is 2.32. The Morgan fingerprint density at radius 3 is 2.44 bits per heavy atom. The molecular weight excluding hydrogens is 362 g/mol. The molecule has 0 aromatic heterocycles. The lowest BCUT2D eigenvalue weighted by Gasteiger charge is -2.32. The fourth-order valence-electron chi connectivity index (χ4n) is 3.01. The minimum atomic E-state index is -2.03. The van der Waals surface area contributed by atoms with Crippen LogP contribution in [-0.2, 0) is 27.8 Å². The molecule has 0 bridgehead atoms. The van der Waals surface area contributed by atoms with E-state index in [2.05, 4.69) is 0 Å². The summed E-state index contributed by atoms with van der Waals surface area (Å²) in [5.74, 6) is 0. The topological polar surface area (TPSA) is 125 Å². The lowest BCUT2D eigenvalue weighted by atomic mass is 9.78. The summed E-state index contributed by atoms with van der Waals surface area (Å²) in [7, 11) is 0. The number of ether oxygens (including phenoxy) is 1. The van der Waals surface area contributed by atoms with Crippen LogP contribution in [-0.4, -0.2) is 27.2 Å². The minimum absolute atomic E-state index is 0.170. The molecule has 0 aliphatic carbocycles. The van der Waals surface area contributed by atoms with Crippen molar-refractivity contribution in [3.05, 3.63) is 71.3 Å². The van der Waals surface area contributed by atoms with Crippen LogP contribution in [0.15, 0.2) is 54.6 Å². The molecule has 0 radical (unpaired) electrons. The molecule has 148 valence electrons. The van der Waals surface area contributed by atoms with Crippen LogP contribution in [0.4, 0.5) is 0 Å². The van der Waals surface area contributed by atoms with E-state index in [9.17, 15) is 8.76 Å². The van der Waals surface area contributed by atoms with Gasteiger partial charge in [0.25, 0.3) is 0 Å². The van der Waals surface area contributed by atoms with Gasteiger partial charge in [-0.25, -0.2) is 4.21 Å². The van der Waals surface area contributed by atoms with Gasteiger partial charge >= 0.3 is 0 Å². The van der Waals surface area contributed by atoms with Crippen molar-refractivity contribution in [3.8, 4) is 0 Å². The summed E-state index contributed by atoms with van der Waals surface area (Å²) in [4.78, 5) is 0. The molecule has 2 aromatic rings. The second-order valence-corrected chi connectivity index (χ2v) is 8.24. The van der Waals surface area contributed by atoms with Crippen LogP contribution in [0.25, 0.3) is 0 Å². The zero-order valence-electron chi connectivity index (χ0n) is 15.6. The van der Waals surface area contributed by atoms with Crippen molar-refractivity contribution in [2.24, 2.45) is 17.2 Å². The molecule has 27 heavy (non-hydrogen) atoms. The summed E-state index contributed by atoms with van der Waals surface area (Å²) in [6.07, 6.45) is -0.172. The van der Waals surface area contributed by atoms with Gasteiger partial charge in [0.2, 0.25) is 0 Å². The van der Waals surface area contributed by atoms with Gasteiger partial charge in [-0.3, -0.25) is 0 Å². The van der Waals surface area contributed by atoms with Crippen molar-refractivity contribution in [1.82, 2.24) is 0 Å². The summed E-state index contributed by atoms with van der Waals surface area (Å²) in [5, 5.41) is -0.558. The van der Waals surface area contributed by atoms with E-state index < -0.39 is 27.9 Å². The molecule has 3 atom stereocenters. The number of hydrogen-bond donors (Lipinski definition) is 4. The van der Waals surface area contributed by atoms with Crippen molar-refractivity contribution >= 4 is 11.1 Å². The van der Waals surface area contributed by atoms with Crippen molar-refractivity contribution in [3.63, 3.8) is 0 Å². The van der Waals surface area contributed by atoms with Crippen LogP contribution in [0.5, 0.6) is 0 Å². The van der Waals surface area contributed by atoms with Crippen LogP contribution < -0.4 is 17.2 Å². The molecule has 6 nitrogen and oxygen atoms in total. The van der Waals surface area contributed by atoms with Crippen LogP contribution in [0.1, 0.15) is 36.2 Å². The van der Waals surface area contributed by atoms with Crippen molar-refractivity contribution in [1.29, 1.82) is 0 Å². The smallest absolute Gasteiger partial charge is 0.158 e. The minimum Gasteiger partial charge on any atom is -0.375 e. The van der Waals surface area contributed by atoms with E-state index in [1.54, 1.807) is 0 Å². The molecule has 0 amide bonds. The quantitative estimate of drug-likeness (QED) is 0.363. The van der Waals surface area contributed by atoms with E-state index >= 15 is 0 Å². The monoisotopic (exact) mass is 391 g/mol. The van der Waals surface area contributed by atoms with Gasteiger partial charge in [-0.1, -0.05) is 61.5 Å². The normalized spacial score (nSPS) is 16.1. The molecule has 3 unspecified atom stereocenters. The number of rotatable bonds is 10. The number of nitrogens with two attached hydrogens (primary N) is 3. The molecule has 0 aliphatic rings. The first-order valence-corrected chi connectivity index (χ1v) is 10.1. The molecule has 0 spiro atoms. The van der Waals surface area contributed by atoms with Gasteiger partial charge in [0.1, 0.15) is 0 Å². The van der Waals surface area contributed by atoms with Gasteiger partial charge in [0.05, 0.1) is 24.6 Å². The third-order valence-electron chi connectivity index (χ3n) is 4.80. The second-order valence-electron chi connectivity index (χ2n) is 7.02. The maximum absolute atomic E-state index is 11.9. The Hall–Kier alpha value is -1.61. The van der Waals surface area contributed by atoms with Crippen LogP contribution >= 0.6 is 0 Å². The predicted octanol–water partition coefficient (Wildman–Crippen LogP) is 2.02. The first-order chi connectivity index (χ1) is 12.9. The van der Waals surface area contributed by atoms with Gasteiger partial charge in [-0.05, 0) is 23.1 Å². The van der Waals surface area contributed by atoms with Crippen LogP contribution in [0.3, 0.4) is 0 Å². The fraction of sp³-hybridized carbons (Fsp3) is 0.400. The number of hydrogen-bond acceptors (Lipinski definition) is 5. The van der Waals surface area contributed by atoms with E-state index in [0.717, 1.165) is 16.7 Å². The van der Waals surface area contributed by atoms with Crippen molar-refractivity contribution in [2.45, 2.75) is 36.8 Å². The first kappa shape index (κ1) is 21.7. The van der Waals surface area contributed by atoms with E-state index in [1.807, 2.05) is 61.5 Å². The van der Waals surface area contributed by atoms with Gasteiger partial charge < -0.3 is 26.5 Å². The molecule has 0 saturated heterocycles. The Balaban J connectivity index is 2.09. The Labute approximate surface area is 163 Å². The van der Waals surface area contributed by atoms with E-state index in [0.29, 0.717) is 19.6 Å². The fourth-order valence-corrected chi connectivity index (χ4v) is 3.74. The lowest BCUT2D eigenvalue weighted by Crippen LogP contribution is -2.38. The van der Waals surface area contributed by atoms with Gasteiger partial charge in [0.15, 0.2) is 11.1 Å². The predicted molar refractivity (Wildman–Crippen MR) is 109 cm³/mol. The Bertz CT molecular complexity index is 742. The Morgan fingerprint density at radius 2 is 1.85 bits per heavy atom. The van der Waals surface area contributed by atoms with Crippen molar-refractivity contribution in [2.75, 3.05) is 13.2 Å². The SMILES string of the molecule is CC(CN)(CC(COCc1ccccc1)S(=O)O)c1cccc(C(N)N)c1. The van der Waals surface area contributed by atoms with Gasteiger partial charge in [-0.2, -0.15) is 0 Å². The average Bonchev–Trinajstić information content (AvgIpc) is 2.67. The Morgan fingerprint density at radius 1 is 1.15 bits per heavy atom. The first-order valence-electron chi connectivity index (χ1n) is 8.89. The van der Waals surface area contributed by atoms with Gasteiger partial charge in [0, 0.05) is 12.0 Å².